The third-order valence-corrected chi connectivity index (χ3v) is 2.20. The van der Waals surface area contributed by atoms with Crippen LogP contribution in [-0.2, 0) is 4.74 Å². The molecule has 11 heavy (non-hydrogen) atoms. The molecule has 1 saturated heterocycles. The van der Waals surface area contributed by atoms with Gasteiger partial charge in [-0.15, -0.1) is 0 Å². The second-order valence-electron chi connectivity index (χ2n) is 2.70. The maximum Gasteiger partial charge on any atom is 0.316 e. The lowest BCUT2D eigenvalue weighted by Crippen LogP contribution is -2.40. The maximum absolute atomic E-state index is 10.7. The van der Waals surface area contributed by atoms with Crippen LogP contribution in [0.15, 0.2) is 0 Å². The van der Waals surface area contributed by atoms with Crippen molar-refractivity contribution in [1.82, 2.24) is 4.90 Å². The summed E-state index contributed by atoms with van der Waals surface area (Å²) in [5.41, 5.74) is 0. The number of ether oxygens (including phenoxy) is 1. The third kappa shape index (κ3) is 2.34. The highest BCUT2D eigenvalue weighted by Crippen LogP contribution is 2.13. The number of nitrogens with zero attached hydrogens (tertiary/aromatic N) is 1. The van der Waals surface area contributed by atoms with Gasteiger partial charge in [0.1, 0.15) is 0 Å². The van der Waals surface area contributed by atoms with Gasteiger partial charge in [0.25, 0.3) is 0 Å². The van der Waals surface area contributed by atoms with E-state index in [1.165, 1.54) is 0 Å². The van der Waals surface area contributed by atoms with Crippen molar-refractivity contribution in [1.29, 1.82) is 0 Å². The third-order valence-electron chi connectivity index (χ3n) is 1.96. The number of hydrogen-bond acceptors (Lipinski definition) is 2. The quantitative estimate of drug-likeness (QED) is 0.448. The van der Waals surface area contributed by atoms with Crippen molar-refractivity contribution in [3.63, 3.8) is 0 Å². The first kappa shape index (κ1) is 8.81. The maximum atomic E-state index is 10.7. The van der Waals surface area contributed by atoms with Gasteiger partial charge in [0.2, 0.25) is 0 Å². The molecule has 1 amide bonds. The number of piperidine rings is 1. The number of methoxy groups -OCH3 is 1. The van der Waals surface area contributed by atoms with E-state index in [0.29, 0.717) is 6.54 Å². The van der Waals surface area contributed by atoms with E-state index in [9.17, 15) is 4.79 Å². The zero-order valence-corrected chi connectivity index (χ0v) is 7.30. The Morgan fingerprint density at radius 2 is 2.45 bits per heavy atom. The Balaban J connectivity index is 2.39. The van der Waals surface area contributed by atoms with E-state index in [4.69, 9.17) is 16.3 Å². The van der Waals surface area contributed by atoms with E-state index < -0.39 is 0 Å². The fourth-order valence-electron chi connectivity index (χ4n) is 1.29. The van der Waals surface area contributed by atoms with Gasteiger partial charge in [-0.25, -0.2) is 0 Å². The van der Waals surface area contributed by atoms with E-state index in [1.807, 2.05) is 0 Å². The van der Waals surface area contributed by atoms with E-state index in [-0.39, 0.29) is 11.5 Å². The summed E-state index contributed by atoms with van der Waals surface area (Å²) in [5.74, 6) is 0. The zero-order chi connectivity index (χ0) is 8.27. The summed E-state index contributed by atoms with van der Waals surface area (Å²) >= 11 is 5.31. The average Bonchev–Trinajstić information content (AvgIpc) is 2.05. The van der Waals surface area contributed by atoms with Crippen molar-refractivity contribution in [3.05, 3.63) is 0 Å². The molecule has 64 valence electrons. The van der Waals surface area contributed by atoms with E-state index in [0.717, 1.165) is 19.4 Å². The van der Waals surface area contributed by atoms with Crippen LogP contribution in [0.25, 0.3) is 0 Å². The molecule has 4 heteroatoms. The number of carbonyl (C=O) groups excluding carboxylic acids is 1. The summed E-state index contributed by atoms with van der Waals surface area (Å²) in [6.07, 6.45) is 2.18. The first-order valence-corrected chi connectivity index (χ1v) is 4.09. The molecule has 3 nitrogen and oxygen atoms in total. The lowest BCUT2D eigenvalue weighted by Gasteiger charge is -2.29. The molecule has 0 spiro atoms. The van der Waals surface area contributed by atoms with Crippen molar-refractivity contribution < 1.29 is 9.53 Å². The van der Waals surface area contributed by atoms with Crippen LogP contribution in [0.4, 0.5) is 4.79 Å². The summed E-state index contributed by atoms with van der Waals surface area (Å²) in [6, 6.07) is 0. The van der Waals surface area contributed by atoms with Crippen molar-refractivity contribution >= 4 is 17.0 Å². The SMILES string of the molecule is COC1CCCN(C(=O)Cl)C1. The Hall–Kier alpha value is -0.280. The van der Waals surface area contributed by atoms with Crippen LogP contribution in [0.1, 0.15) is 12.8 Å². The second-order valence-corrected chi connectivity index (χ2v) is 3.02. The smallest absolute Gasteiger partial charge is 0.316 e. The van der Waals surface area contributed by atoms with Gasteiger partial charge in [-0.2, -0.15) is 0 Å². The second kappa shape index (κ2) is 3.93. The van der Waals surface area contributed by atoms with Crippen molar-refractivity contribution in [2.24, 2.45) is 0 Å². The van der Waals surface area contributed by atoms with Gasteiger partial charge in [0.15, 0.2) is 0 Å². The van der Waals surface area contributed by atoms with E-state index in [1.54, 1.807) is 12.0 Å². The van der Waals surface area contributed by atoms with Crippen LogP contribution < -0.4 is 0 Å². The van der Waals surface area contributed by atoms with Gasteiger partial charge in [0.05, 0.1) is 6.10 Å². The normalized spacial score (nSPS) is 25.3. The standard InChI is InChI=1S/C7H12ClNO2/c1-11-6-3-2-4-9(5-6)7(8)10/h6H,2-5H2,1H3. The minimum Gasteiger partial charge on any atom is -0.380 e. The topological polar surface area (TPSA) is 29.5 Å². The lowest BCUT2D eigenvalue weighted by atomic mass is 10.1. The molecule has 1 heterocycles. The molecule has 1 fully saturated rings. The minimum absolute atomic E-state index is 0.173. The molecule has 0 N–H and O–H groups in total. The first-order valence-electron chi connectivity index (χ1n) is 3.71. The van der Waals surface area contributed by atoms with Crippen LogP contribution in [0.3, 0.4) is 0 Å². The Bertz CT molecular complexity index is 151. The number of carbonyl (C=O) groups is 1. The molecule has 1 rings (SSSR count). The lowest BCUT2D eigenvalue weighted by molar-refractivity contribution is 0.0475. The molecule has 0 radical (unpaired) electrons. The summed E-state index contributed by atoms with van der Waals surface area (Å²) in [6.45, 7) is 1.40. The molecule has 1 aliphatic heterocycles. The molecule has 0 aromatic carbocycles. The minimum atomic E-state index is -0.369. The molecule has 1 aliphatic rings. The van der Waals surface area contributed by atoms with E-state index in [2.05, 4.69) is 0 Å². The Kier molecular flexibility index (Phi) is 3.15. The fourth-order valence-corrected chi connectivity index (χ4v) is 1.44. The van der Waals surface area contributed by atoms with Gasteiger partial charge in [-0.3, -0.25) is 4.79 Å². The van der Waals surface area contributed by atoms with Crippen LogP contribution in [0.5, 0.6) is 0 Å². The zero-order valence-electron chi connectivity index (χ0n) is 6.55. The number of hydrogen-bond donors (Lipinski definition) is 0. The first-order chi connectivity index (χ1) is 5.24. The van der Waals surface area contributed by atoms with Gasteiger partial charge >= 0.3 is 5.37 Å². The van der Waals surface area contributed by atoms with Crippen LogP contribution >= 0.6 is 11.6 Å². The fraction of sp³-hybridized carbons (Fsp3) is 0.857. The molecule has 1 atom stereocenters. The number of likely N-dealkylation sites (tertiary alicyclic amines) is 1. The van der Waals surface area contributed by atoms with Crippen molar-refractivity contribution in [3.8, 4) is 0 Å². The number of rotatable bonds is 1. The number of halogens is 1. The summed E-state index contributed by atoms with van der Waals surface area (Å²) in [5, 5.41) is -0.369. The molecule has 0 aromatic heterocycles. The van der Waals surface area contributed by atoms with Crippen molar-refractivity contribution in [2.75, 3.05) is 20.2 Å². The summed E-state index contributed by atoms with van der Waals surface area (Å²) in [4.78, 5) is 12.3. The van der Waals surface area contributed by atoms with Gasteiger partial charge in [-0.05, 0) is 24.4 Å². The predicted octanol–water partition coefficient (Wildman–Crippen LogP) is 1.46. The Morgan fingerprint density at radius 3 is 3.00 bits per heavy atom. The molecule has 0 aromatic rings. The average molecular weight is 178 g/mol. The Labute approximate surface area is 71.3 Å². The van der Waals surface area contributed by atoms with Crippen LogP contribution in [0.2, 0.25) is 0 Å². The molecule has 0 aliphatic carbocycles. The van der Waals surface area contributed by atoms with E-state index >= 15 is 0 Å². The highest BCUT2D eigenvalue weighted by Gasteiger charge is 2.21. The highest BCUT2D eigenvalue weighted by atomic mass is 35.5. The largest absolute Gasteiger partial charge is 0.380 e. The summed E-state index contributed by atoms with van der Waals surface area (Å²) < 4.78 is 5.12. The van der Waals surface area contributed by atoms with Gasteiger partial charge in [0, 0.05) is 20.2 Å². The monoisotopic (exact) mass is 177 g/mol. The Morgan fingerprint density at radius 1 is 1.73 bits per heavy atom. The molecular weight excluding hydrogens is 166 g/mol. The summed E-state index contributed by atoms with van der Waals surface area (Å²) in [7, 11) is 1.66. The molecule has 1 unspecified atom stereocenters. The number of amides is 1. The van der Waals surface area contributed by atoms with Gasteiger partial charge in [-0.1, -0.05) is 0 Å². The highest BCUT2D eigenvalue weighted by molar-refractivity contribution is 6.62. The molecule has 0 bridgehead atoms. The molecular formula is C7H12ClNO2. The molecule has 0 saturated carbocycles. The predicted molar refractivity (Wildman–Crippen MR) is 42.9 cm³/mol. The van der Waals surface area contributed by atoms with Crippen LogP contribution in [0, 0.1) is 0 Å². The van der Waals surface area contributed by atoms with Gasteiger partial charge < -0.3 is 9.64 Å². The van der Waals surface area contributed by atoms with Crippen molar-refractivity contribution in [2.45, 2.75) is 18.9 Å². The van der Waals surface area contributed by atoms with Crippen LogP contribution in [-0.4, -0.2) is 36.6 Å².